The van der Waals surface area contributed by atoms with Crippen LogP contribution in [0.5, 0.6) is 0 Å². The van der Waals surface area contributed by atoms with E-state index in [4.69, 9.17) is 4.74 Å². The monoisotopic (exact) mass is 373 g/mol. The van der Waals surface area contributed by atoms with E-state index in [1.54, 1.807) is 11.8 Å². The molecule has 0 fully saturated rings. The van der Waals surface area contributed by atoms with Gasteiger partial charge in [0.25, 0.3) is 0 Å². The first-order chi connectivity index (χ1) is 9.08. The van der Waals surface area contributed by atoms with Crippen molar-refractivity contribution >= 4 is 38.5 Å². The van der Waals surface area contributed by atoms with Gasteiger partial charge in [-0.3, -0.25) is 0 Å². The molecule has 1 aromatic carbocycles. The Labute approximate surface area is 138 Å². The first-order valence-corrected chi connectivity index (χ1v) is 7.41. The van der Waals surface area contributed by atoms with Gasteiger partial charge in [0.05, 0.1) is 0 Å². The molecule has 0 spiro atoms. The third-order valence-corrected chi connectivity index (χ3v) is 3.34. The van der Waals surface area contributed by atoms with E-state index in [0.717, 1.165) is 10.1 Å². The number of rotatable bonds is 6. The van der Waals surface area contributed by atoms with Gasteiger partial charge in [-0.2, -0.15) is 0 Å². The van der Waals surface area contributed by atoms with Crippen molar-refractivity contribution in [2.45, 2.75) is 26.7 Å². The number of hydrogen-bond donors (Lipinski definition) is 0. The summed E-state index contributed by atoms with van der Waals surface area (Å²) in [5, 5.41) is 0. The summed E-state index contributed by atoms with van der Waals surface area (Å²) in [6.07, 6.45) is 0.315. The number of nitrogens with zero attached hydrogens (tertiary/aromatic N) is 1. The number of benzene rings is 1. The van der Waals surface area contributed by atoms with Gasteiger partial charge in [0.2, 0.25) is 0 Å². The SMILES string of the molecule is CCOC(=O)CCC(=O)N(CC)c1cc[c]([Ge+3])cc1.[OH-].[OH-].[OH-]. The van der Waals surface area contributed by atoms with Crippen LogP contribution in [-0.2, 0) is 14.3 Å². The van der Waals surface area contributed by atoms with Crippen LogP contribution in [0.4, 0.5) is 5.69 Å². The molecule has 0 heterocycles. The number of ether oxygens (including phenoxy) is 1. The topological polar surface area (TPSA) is 137 Å². The molecule has 0 saturated carbocycles. The Bertz CT molecular complexity index is 437. The molecule has 0 saturated heterocycles. The van der Waals surface area contributed by atoms with Gasteiger partial charge in [-0.05, 0) is 0 Å². The van der Waals surface area contributed by atoms with Gasteiger partial charge >= 0.3 is 122 Å². The van der Waals surface area contributed by atoms with E-state index in [1.165, 1.54) is 0 Å². The molecule has 0 aromatic heterocycles. The van der Waals surface area contributed by atoms with Crippen molar-refractivity contribution in [1.82, 2.24) is 0 Å². The second-order valence-corrected chi connectivity index (χ2v) is 5.20. The zero-order chi connectivity index (χ0) is 14.3. The third kappa shape index (κ3) is 8.13. The number of amides is 1. The maximum Gasteiger partial charge on any atom is -0.870 e. The summed E-state index contributed by atoms with van der Waals surface area (Å²) in [7, 11) is 0. The Balaban J connectivity index is -0.00000120. The number of anilines is 1. The van der Waals surface area contributed by atoms with Gasteiger partial charge in [-0.15, -0.1) is 0 Å². The molecule has 0 radical (unpaired) electrons. The molecule has 0 bridgehead atoms. The Hall–Kier alpha value is -1.42. The molecule has 1 aromatic rings. The second-order valence-electron chi connectivity index (χ2n) is 3.99. The average Bonchev–Trinajstić information content (AvgIpc) is 2.40. The molecule has 3 N–H and O–H groups in total. The largest absolute Gasteiger partial charge is 0.870 e. The zero-order valence-electron chi connectivity index (χ0n) is 12.7. The van der Waals surface area contributed by atoms with Gasteiger partial charge in [-0.25, -0.2) is 0 Å². The molecular weight excluding hydrogens is 351 g/mol. The summed E-state index contributed by atoms with van der Waals surface area (Å²) < 4.78 is 5.97. The predicted molar refractivity (Wildman–Crippen MR) is 81.5 cm³/mol. The minimum absolute atomic E-state index is 0. The Morgan fingerprint density at radius 3 is 2.05 bits per heavy atom. The zero-order valence-corrected chi connectivity index (χ0v) is 14.7. The van der Waals surface area contributed by atoms with Crippen LogP contribution in [0.15, 0.2) is 24.3 Å². The fraction of sp³-hybridized carbons (Fsp3) is 0.429. The van der Waals surface area contributed by atoms with Crippen molar-refractivity contribution in [3.8, 4) is 0 Å². The van der Waals surface area contributed by atoms with Crippen molar-refractivity contribution in [2.75, 3.05) is 18.1 Å². The van der Waals surface area contributed by atoms with Gasteiger partial charge in [0.1, 0.15) is 0 Å². The first-order valence-electron chi connectivity index (χ1n) is 6.36. The van der Waals surface area contributed by atoms with E-state index in [0.29, 0.717) is 13.2 Å². The van der Waals surface area contributed by atoms with Crippen molar-refractivity contribution in [3.63, 3.8) is 0 Å². The van der Waals surface area contributed by atoms with E-state index in [1.807, 2.05) is 47.7 Å². The number of carbonyl (C=O) groups is 2. The van der Waals surface area contributed by atoms with E-state index >= 15 is 0 Å². The van der Waals surface area contributed by atoms with Gasteiger partial charge < -0.3 is 16.4 Å². The summed E-state index contributed by atoms with van der Waals surface area (Å²) in [5.74, 6) is -0.379. The smallest absolute Gasteiger partial charge is 0.870 e. The molecule has 0 aliphatic carbocycles. The molecule has 0 aliphatic rings. The molecule has 8 heteroatoms. The normalized spacial score (nSPS) is 8.73. The van der Waals surface area contributed by atoms with Crippen LogP contribution in [0.3, 0.4) is 0 Å². The first kappa shape index (κ1) is 25.5. The van der Waals surface area contributed by atoms with E-state index in [9.17, 15) is 9.59 Å². The van der Waals surface area contributed by atoms with Crippen LogP contribution in [0.2, 0.25) is 0 Å². The van der Waals surface area contributed by atoms with E-state index < -0.39 is 0 Å². The summed E-state index contributed by atoms with van der Waals surface area (Å²) in [6.45, 7) is 4.61. The third-order valence-electron chi connectivity index (χ3n) is 2.64. The van der Waals surface area contributed by atoms with Crippen LogP contribution >= 0.6 is 0 Å². The van der Waals surface area contributed by atoms with Gasteiger partial charge in [0, 0.05) is 0 Å². The molecule has 1 rings (SSSR count). The molecule has 122 valence electrons. The van der Waals surface area contributed by atoms with Crippen LogP contribution in [0.25, 0.3) is 0 Å². The van der Waals surface area contributed by atoms with E-state index in [-0.39, 0.29) is 41.1 Å². The minimum Gasteiger partial charge on any atom is -0.870 e. The summed E-state index contributed by atoms with van der Waals surface area (Å²) in [6, 6.07) is 7.77. The van der Waals surface area contributed by atoms with Crippen LogP contribution in [0, 0.1) is 0 Å². The van der Waals surface area contributed by atoms with Crippen molar-refractivity contribution in [1.29, 1.82) is 0 Å². The molecule has 22 heavy (non-hydrogen) atoms. The van der Waals surface area contributed by atoms with Crippen molar-refractivity contribution in [3.05, 3.63) is 24.3 Å². The van der Waals surface area contributed by atoms with Gasteiger partial charge in [0.15, 0.2) is 0 Å². The van der Waals surface area contributed by atoms with Crippen molar-refractivity contribution < 1.29 is 30.8 Å². The van der Waals surface area contributed by atoms with Crippen molar-refractivity contribution in [2.24, 2.45) is 0 Å². The number of carbonyl (C=O) groups excluding carboxylic acids is 2. The Morgan fingerprint density at radius 2 is 1.59 bits per heavy atom. The maximum atomic E-state index is 12.1. The van der Waals surface area contributed by atoms with E-state index in [2.05, 4.69) is 0 Å². The fourth-order valence-electron chi connectivity index (χ4n) is 1.72. The van der Waals surface area contributed by atoms with Gasteiger partial charge in [-0.1, -0.05) is 0 Å². The van der Waals surface area contributed by atoms with Crippen LogP contribution in [0.1, 0.15) is 26.7 Å². The maximum absolute atomic E-state index is 12.1. The molecule has 7 nitrogen and oxygen atoms in total. The minimum atomic E-state index is -0.323. The molecule has 0 aliphatic heterocycles. The molecule has 0 unspecified atom stereocenters. The molecule has 1 amide bonds. The van der Waals surface area contributed by atoms with Crippen LogP contribution < -0.4 is 9.30 Å². The van der Waals surface area contributed by atoms with Crippen LogP contribution in [-0.4, -0.2) is 58.0 Å². The molecule has 0 atom stereocenters. The fourth-order valence-corrected chi connectivity index (χ4v) is 2.07. The summed E-state index contributed by atoms with van der Waals surface area (Å²) >= 11 is 2.00. The second kappa shape index (κ2) is 13.3. The standard InChI is InChI=1S/C14H18GeNO3.3H2O/c1-3-16(12-7-5-11(15)6-8-12)13(17)9-10-14(18)19-4-2;;;/h5-8H,3-4,9-10H2,1-2H3;3*1H2/q+3;;;/p-3. The summed E-state index contributed by atoms with van der Waals surface area (Å²) in [5.41, 5.74) is 0.863. The Morgan fingerprint density at radius 1 is 1.05 bits per heavy atom. The number of hydrogen-bond acceptors (Lipinski definition) is 6. The quantitative estimate of drug-likeness (QED) is 0.531. The summed E-state index contributed by atoms with van der Waals surface area (Å²) in [4.78, 5) is 25.0. The number of esters is 1. The predicted octanol–water partition coefficient (Wildman–Crippen LogP) is 0.646. The Kier molecular flexibility index (Phi) is 15.4. The molecular formula is C14H21GeNO6. The average molecular weight is 372 g/mol.